The third kappa shape index (κ3) is 3.50. The molecule has 29 heavy (non-hydrogen) atoms. The Labute approximate surface area is 172 Å². The molecule has 3 heterocycles. The number of benzene rings is 1. The van der Waals surface area contributed by atoms with Crippen LogP contribution in [-0.4, -0.2) is 21.1 Å². The number of pyridine rings is 1. The molecule has 0 spiro atoms. The molecule has 3 aliphatic rings. The highest BCUT2D eigenvalue weighted by atomic mass is 79.9. The van der Waals surface area contributed by atoms with E-state index in [1.54, 1.807) is 13.8 Å². The molecule has 5 nitrogen and oxygen atoms in total. The topological polar surface area (TPSA) is 55.1 Å². The molecule has 152 valence electrons. The second-order valence-electron chi connectivity index (χ2n) is 6.76. The van der Waals surface area contributed by atoms with Gasteiger partial charge in [0.1, 0.15) is 23.3 Å². The fourth-order valence-electron chi connectivity index (χ4n) is 3.44. The number of nitrogens with one attached hydrogen (secondary N) is 1. The maximum Gasteiger partial charge on any atom is 0.419 e. The van der Waals surface area contributed by atoms with Crippen LogP contribution in [0.3, 0.4) is 0 Å². The quantitative estimate of drug-likeness (QED) is 0.553. The predicted molar refractivity (Wildman–Crippen MR) is 103 cm³/mol. The van der Waals surface area contributed by atoms with Crippen molar-refractivity contribution in [3.05, 3.63) is 57.0 Å². The Balaban J connectivity index is 1.88. The molecule has 3 aliphatic heterocycles. The van der Waals surface area contributed by atoms with Gasteiger partial charge in [0, 0.05) is 18.7 Å². The fourth-order valence-corrected chi connectivity index (χ4v) is 4.03. The lowest BCUT2D eigenvalue weighted by molar-refractivity contribution is -0.140. The van der Waals surface area contributed by atoms with Crippen LogP contribution in [0.5, 0.6) is 0 Å². The van der Waals surface area contributed by atoms with Crippen LogP contribution in [0.25, 0.3) is 11.4 Å². The summed E-state index contributed by atoms with van der Waals surface area (Å²) in [5, 5.41) is 3.26. The van der Waals surface area contributed by atoms with Gasteiger partial charge in [-0.3, -0.25) is 4.99 Å². The number of hydrogen-bond donors (Lipinski definition) is 1. The highest BCUT2D eigenvalue weighted by Crippen LogP contribution is 2.35. The average Bonchev–Trinajstić information content (AvgIpc) is 3.12. The SMILES string of the molecule is Cc1nc2n3c(c(Br)cc-2c(=N[C@H](C)c2cccc(C(F)(F)F)c2F)n1)NCC3. The van der Waals surface area contributed by atoms with Crippen LogP contribution < -0.4 is 10.8 Å². The molecule has 0 radical (unpaired) electrons. The molecule has 10 heteroatoms. The Bertz CT molecular complexity index is 1140. The molecule has 4 rings (SSSR count). The monoisotopic (exact) mass is 469 g/mol. The van der Waals surface area contributed by atoms with E-state index in [-0.39, 0.29) is 5.56 Å². The number of alkyl halides is 3. The zero-order chi connectivity index (χ0) is 20.9. The molecule has 0 unspecified atom stereocenters. The molecular formula is C19H16BrF4N5. The summed E-state index contributed by atoms with van der Waals surface area (Å²) < 4.78 is 56.5. The summed E-state index contributed by atoms with van der Waals surface area (Å²) >= 11 is 3.51. The Kier molecular flexibility index (Phi) is 4.84. The van der Waals surface area contributed by atoms with E-state index in [1.807, 2.05) is 10.6 Å². The lowest BCUT2D eigenvalue weighted by Gasteiger charge is -2.16. The Hall–Kier alpha value is -2.49. The summed E-state index contributed by atoms with van der Waals surface area (Å²) in [6, 6.07) is 4.15. The van der Waals surface area contributed by atoms with Crippen molar-refractivity contribution < 1.29 is 17.6 Å². The maximum absolute atomic E-state index is 14.5. The standard InChI is InChI=1S/C19H16BrF4N5/c1-9(11-4-3-5-13(15(11)21)19(22,23)24)26-16-12-8-14(20)18-25-6-7-29(18)17(12)28-10(2)27-16/h3-5,8-9,25H,6-7H2,1-2H3/t9-/m1/s1. The van der Waals surface area contributed by atoms with Gasteiger partial charge < -0.3 is 9.88 Å². The molecule has 0 saturated heterocycles. The Morgan fingerprint density at radius 2 is 2.03 bits per heavy atom. The third-order valence-corrected chi connectivity index (χ3v) is 5.37. The first-order valence-electron chi connectivity index (χ1n) is 8.88. The van der Waals surface area contributed by atoms with E-state index in [0.29, 0.717) is 29.2 Å². The number of hydrogen-bond acceptors (Lipinski definition) is 4. The summed E-state index contributed by atoms with van der Waals surface area (Å²) in [5.41, 5.74) is -0.504. The van der Waals surface area contributed by atoms with Gasteiger partial charge in [0.25, 0.3) is 0 Å². The predicted octanol–water partition coefficient (Wildman–Crippen LogP) is 4.70. The molecule has 1 aromatic carbocycles. The number of nitrogens with zero attached hydrogens (tertiary/aromatic N) is 4. The second-order valence-corrected chi connectivity index (χ2v) is 7.62. The molecule has 0 amide bonds. The summed E-state index contributed by atoms with van der Waals surface area (Å²) in [5.74, 6) is 0.707. The molecule has 0 bridgehead atoms. The molecule has 0 saturated carbocycles. The van der Waals surface area contributed by atoms with E-state index in [4.69, 9.17) is 0 Å². The second kappa shape index (κ2) is 7.08. The summed E-state index contributed by atoms with van der Waals surface area (Å²) in [6.45, 7) is 4.71. The number of halogens is 5. The van der Waals surface area contributed by atoms with Crippen molar-refractivity contribution in [2.45, 2.75) is 32.6 Å². The van der Waals surface area contributed by atoms with E-state index >= 15 is 0 Å². The van der Waals surface area contributed by atoms with E-state index in [2.05, 4.69) is 36.2 Å². The first kappa shape index (κ1) is 19.8. The number of aryl methyl sites for hydroxylation is 1. The summed E-state index contributed by atoms with van der Waals surface area (Å²) in [6.07, 6.45) is -4.77. The number of anilines is 1. The zero-order valence-electron chi connectivity index (χ0n) is 15.5. The van der Waals surface area contributed by atoms with Gasteiger partial charge in [-0.15, -0.1) is 0 Å². The lowest BCUT2D eigenvalue weighted by Crippen LogP contribution is -2.21. The molecule has 0 fully saturated rings. The van der Waals surface area contributed by atoms with Crippen molar-refractivity contribution in [3.63, 3.8) is 0 Å². The van der Waals surface area contributed by atoms with Crippen molar-refractivity contribution in [1.29, 1.82) is 0 Å². The Morgan fingerprint density at radius 1 is 1.28 bits per heavy atom. The van der Waals surface area contributed by atoms with Gasteiger partial charge in [-0.25, -0.2) is 14.4 Å². The van der Waals surface area contributed by atoms with E-state index < -0.39 is 23.6 Å². The van der Waals surface area contributed by atoms with Crippen molar-refractivity contribution in [1.82, 2.24) is 14.5 Å². The van der Waals surface area contributed by atoms with Crippen LogP contribution in [-0.2, 0) is 12.7 Å². The van der Waals surface area contributed by atoms with Crippen LogP contribution in [0.1, 0.15) is 29.9 Å². The van der Waals surface area contributed by atoms with Gasteiger partial charge in [-0.05, 0) is 41.9 Å². The summed E-state index contributed by atoms with van der Waals surface area (Å²) in [7, 11) is 0. The zero-order valence-corrected chi connectivity index (χ0v) is 17.1. The average molecular weight is 470 g/mol. The fraction of sp³-hybridized carbons (Fsp3) is 0.316. The first-order chi connectivity index (χ1) is 13.7. The van der Waals surface area contributed by atoms with Gasteiger partial charge in [0.05, 0.1) is 21.6 Å². The van der Waals surface area contributed by atoms with Gasteiger partial charge in [-0.1, -0.05) is 12.1 Å². The van der Waals surface area contributed by atoms with Crippen LogP contribution in [0, 0.1) is 12.7 Å². The van der Waals surface area contributed by atoms with Gasteiger partial charge in [-0.2, -0.15) is 13.2 Å². The highest BCUT2D eigenvalue weighted by Gasteiger charge is 2.35. The van der Waals surface area contributed by atoms with Crippen molar-refractivity contribution in [3.8, 4) is 11.4 Å². The molecule has 1 aromatic rings. The van der Waals surface area contributed by atoms with Gasteiger partial charge in [0.2, 0.25) is 0 Å². The highest BCUT2D eigenvalue weighted by molar-refractivity contribution is 9.10. The van der Waals surface area contributed by atoms with Crippen LogP contribution in [0.2, 0.25) is 0 Å². The van der Waals surface area contributed by atoms with E-state index in [9.17, 15) is 17.6 Å². The van der Waals surface area contributed by atoms with Crippen LogP contribution in [0.15, 0.2) is 33.7 Å². The molecule has 0 aromatic heterocycles. The molecule has 0 aliphatic carbocycles. The molecular weight excluding hydrogens is 454 g/mol. The van der Waals surface area contributed by atoms with Gasteiger partial charge >= 0.3 is 6.18 Å². The van der Waals surface area contributed by atoms with Crippen molar-refractivity contribution in [2.24, 2.45) is 4.99 Å². The number of rotatable bonds is 2. The molecule has 1 N–H and O–H groups in total. The maximum atomic E-state index is 14.5. The minimum atomic E-state index is -4.77. The summed E-state index contributed by atoms with van der Waals surface area (Å²) in [4.78, 5) is 13.3. The largest absolute Gasteiger partial charge is 0.419 e. The van der Waals surface area contributed by atoms with Crippen LogP contribution >= 0.6 is 15.9 Å². The minimum absolute atomic E-state index is 0.140. The van der Waals surface area contributed by atoms with Crippen molar-refractivity contribution in [2.75, 3.05) is 11.9 Å². The van der Waals surface area contributed by atoms with E-state index in [0.717, 1.165) is 22.9 Å². The number of aromatic nitrogens is 3. The lowest BCUT2D eigenvalue weighted by atomic mass is 10.0. The normalized spacial score (nSPS) is 15.5. The first-order valence-corrected chi connectivity index (χ1v) is 9.67. The van der Waals surface area contributed by atoms with E-state index in [1.165, 1.54) is 12.1 Å². The molecule has 1 atom stereocenters. The third-order valence-electron chi connectivity index (χ3n) is 4.77. The number of fused-ring (bicyclic) bond motifs is 3. The van der Waals surface area contributed by atoms with Gasteiger partial charge in [0.15, 0.2) is 5.49 Å². The minimum Gasteiger partial charge on any atom is -0.369 e. The smallest absolute Gasteiger partial charge is 0.369 e. The van der Waals surface area contributed by atoms with Crippen LogP contribution in [0.4, 0.5) is 23.4 Å². The Morgan fingerprint density at radius 3 is 2.76 bits per heavy atom. The van der Waals surface area contributed by atoms with Crippen molar-refractivity contribution >= 4 is 21.7 Å².